The number of carbonyl (C=O) groups excluding carboxylic acids is 3. The number of benzene rings is 1. The van der Waals surface area contributed by atoms with Gasteiger partial charge in [0.25, 0.3) is 0 Å². The number of carbonyl (C=O) groups is 3. The van der Waals surface area contributed by atoms with Crippen LogP contribution in [0.5, 0.6) is 0 Å². The number of aliphatic hydroxyl groups excluding tert-OH is 1. The molecular formula is C28H38O12. The van der Waals surface area contributed by atoms with Crippen LogP contribution in [0.25, 0.3) is 0 Å². The molecule has 0 aliphatic carbocycles. The fourth-order valence-corrected chi connectivity index (χ4v) is 4.73. The van der Waals surface area contributed by atoms with E-state index in [0.29, 0.717) is 0 Å². The Morgan fingerprint density at radius 3 is 1.98 bits per heavy atom. The highest BCUT2D eigenvalue weighted by Gasteiger charge is 2.54. The lowest BCUT2D eigenvalue weighted by molar-refractivity contribution is -0.358. The summed E-state index contributed by atoms with van der Waals surface area (Å²) >= 11 is 0. The summed E-state index contributed by atoms with van der Waals surface area (Å²) in [5.74, 6) is -2.06. The van der Waals surface area contributed by atoms with Gasteiger partial charge in [0.15, 0.2) is 30.9 Å². The zero-order valence-corrected chi connectivity index (χ0v) is 23.3. The molecule has 3 rings (SSSR count). The second kappa shape index (κ2) is 14.7. The molecule has 0 amide bonds. The SMILES string of the molecule is C=CCO[C@@H]1[C@H](O[C@@H]2O[C@@H](C)[C@H](OC(C)=O)[C@@H](OC(C)=O)[C@H]2OC(C)=O)[C@@H](OCc2ccccc2)[C@H](C)O[C@H]1O. The van der Waals surface area contributed by atoms with Crippen LogP contribution in [0.15, 0.2) is 43.0 Å². The van der Waals surface area contributed by atoms with Crippen LogP contribution in [0.4, 0.5) is 0 Å². The molecule has 2 heterocycles. The Bertz CT molecular complexity index is 1000. The molecule has 2 aliphatic rings. The highest BCUT2D eigenvalue weighted by atomic mass is 16.7. The lowest BCUT2D eigenvalue weighted by atomic mass is 9.96. The fourth-order valence-electron chi connectivity index (χ4n) is 4.73. The predicted octanol–water partition coefficient (Wildman–Crippen LogP) is 1.81. The first-order chi connectivity index (χ1) is 19.0. The fraction of sp³-hybridized carbons (Fsp3) is 0.607. The lowest BCUT2D eigenvalue weighted by Gasteiger charge is -2.48. The van der Waals surface area contributed by atoms with Crippen molar-refractivity contribution in [3.05, 3.63) is 48.6 Å². The zero-order chi connectivity index (χ0) is 29.4. The number of hydrogen-bond acceptors (Lipinski definition) is 12. The van der Waals surface area contributed by atoms with Crippen molar-refractivity contribution in [3.8, 4) is 0 Å². The molecule has 2 fully saturated rings. The molecule has 10 atom stereocenters. The number of esters is 3. The average Bonchev–Trinajstić information content (AvgIpc) is 2.87. The number of ether oxygens (including phenoxy) is 8. The van der Waals surface area contributed by atoms with Gasteiger partial charge >= 0.3 is 17.9 Å². The topological polar surface area (TPSA) is 145 Å². The highest BCUT2D eigenvalue weighted by molar-refractivity contribution is 5.68. The smallest absolute Gasteiger partial charge is 0.303 e. The maximum atomic E-state index is 12.1. The van der Waals surface area contributed by atoms with Crippen LogP contribution < -0.4 is 0 Å². The first-order valence-electron chi connectivity index (χ1n) is 13.1. The molecule has 12 nitrogen and oxygen atoms in total. The largest absolute Gasteiger partial charge is 0.456 e. The molecule has 1 aromatic rings. The maximum Gasteiger partial charge on any atom is 0.303 e. The first-order valence-corrected chi connectivity index (χ1v) is 13.1. The maximum absolute atomic E-state index is 12.1. The number of rotatable bonds is 11. The quantitative estimate of drug-likeness (QED) is 0.237. The monoisotopic (exact) mass is 566 g/mol. The van der Waals surface area contributed by atoms with Gasteiger partial charge in [-0.1, -0.05) is 36.4 Å². The van der Waals surface area contributed by atoms with Crippen molar-refractivity contribution in [1.29, 1.82) is 0 Å². The molecule has 222 valence electrons. The van der Waals surface area contributed by atoms with E-state index in [9.17, 15) is 19.5 Å². The van der Waals surface area contributed by atoms with Gasteiger partial charge < -0.3 is 43.0 Å². The van der Waals surface area contributed by atoms with Gasteiger partial charge in [0, 0.05) is 20.8 Å². The van der Waals surface area contributed by atoms with Crippen molar-refractivity contribution in [3.63, 3.8) is 0 Å². The van der Waals surface area contributed by atoms with Gasteiger partial charge in [-0.25, -0.2) is 0 Å². The number of hydrogen-bond donors (Lipinski definition) is 1. The molecule has 12 heteroatoms. The summed E-state index contributed by atoms with van der Waals surface area (Å²) in [6, 6.07) is 9.43. The van der Waals surface area contributed by atoms with Crippen LogP contribution in [0.3, 0.4) is 0 Å². The van der Waals surface area contributed by atoms with E-state index in [2.05, 4.69) is 6.58 Å². The third kappa shape index (κ3) is 8.32. The van der Waals surface area contributed by atoms with E-state index in [4.69, 9.17) is 37.9 Å². The third-order valence-corrected chi connectivity index (χ3v) is 6.36. The van der Waals surface area contributed by atoms with E-state index < -0.39 is 79.3 Å². The van der Waals surface area contributed by atoms with Crippen LogP contribution >= 0.6 is 0 Å². The van der Waals surface area contributed by atoms with Crippen molar-refractivity contribution < 1.29 is 57.4 Å². The minimum atomic E-state index is -1.40. The molecule has 40 heavy (non-hydrogen) atoms. The van der Waals surface area contributed by atoms with Crippen LogP contribution in [0, 0.1) is 0 Å². The van der Waals surface area contributed by atoms with Crippen molar-refractivity contribution in [1.82, 2.24) is 0 Å². The average molecular weight is 567 g/mol. The van der Waals surface area contributed by atoms with E-state index in [1.807, 2.05) is 30.3 Å². The standard InChI is InChI=1S/C28H38O12/c1-7-13-33-25-23(21(15(2)35-27(25)32)34-14-20-11-9-8-10-12-20)40-28-26(39-19(6)31)24(38-18(5)30)22(16(3)36-28)37-17(4)29/h7-12,15-16,21-28,32H,1,13-14H2,2-6H3/t15-,16-,21-,22-,23+,24+,25+,26+,27+,28-/m0/s1. The summed E-state index contributed by atoms with van der Waals surface area (Å²) in [6.45, 7) is 10.8. The Balaban J connectivity index is 1.96. The highest BCUT2D eigenvalue weighted by Crippen LogP contribution is 2.34. The van der Waals surface area contributed by atoms with Crippen molar-refractivity contribution >= 4 is 17.9 Å². The Kier molecular flexibility index (Phi) is 11.6. The van der Waals surface area contributed by atoms with Crippen LogP contribution in [-0.4, -0.2) is 91.0 Å². The van der Waals surface area contributed by atoms with Crippen LogP contribution in [0.2, 0.25) is 0 Å². The summed E-state index contributed by atoms with van der Waals surface area (Å²) in [5.41, 5.74) is 0.891. The van der Waals surface area contributed by atoms with E-state index in [-0.39, 0.29) is 13.2 Å². The van der Waals surface area contributed by atoms with E-state index in [0.717, 1.165) is 5.56 Å². The van der Waals surface area contributed by atoms with Crippen LogP contribution in [0.1, 0.15) is 40.2 Å². The molecule has 0 radical (unpaired) electrons. The van der Waals surface area contributed by atoms with Gasteiger partial charge in [0.05, 0.1) is 25.4 Å². The molecule has 0 unspecified atom stereocenters. The molecule has 1 aromatic carbocycles. The molecule has 0 aromatic heterocycles. The van der Waals surface area contributed by atoms with E-state index >= 15 is 0 Å². The Morgan fingerprint density at radius 1 is 0.800 bits per heavy atom. The molecule has 0 spiro atoms. The van der Waals surface area contributed by atoms with Gasteiger partial charge in [-0.05, 0) is 19.4 Å². The van der Waals surface area contributed by atoms with Crippen molar-refractivity contribution in [2.45, 2.75) is 103 Å². The molecule has 2 saturated heterocycles. The van der Waals surface area contributed by atoms with Gasteiger partial charge in [-0.2, -0.15) is 0 Å². The van der Waals surface area contributed by atoms with E-state index in [1.165, 1.54) is 26.8 Å². The van der Waals surface area contributed by atoms with Gasteiger partial charge in [-0.15, -0.1) is 6.58 Å². The minimum absolute atomic E-state index is 0.0602. The summed E-state index contributed by atoms with van der Waals surface area (Å²) in [7, 11) is 0. The molecule has 0 saturated carbocycles. The molecule has 2 aliphatic heterocycles. The Hall–Kier alpha value is -2.87. The predicted molar refractivity (Wildman–Crippen MR) is 137 cm³/mol. The summed E-state index contributed by atoms with van der Waals surface area (Å²) in [6.07, 6.45) is -9.28. The summed E-state index contributed by atoms with van der Waals surface area (Å²) in [5, 5.41) is 10.8. The first kappa shape index (κ1) is 31.7. The Morgan fingerprint density at radius 2 is 1.38 bits per heavy atom. The van der Waals surface area contributed by atoms with Crippen molar-refractivity contribution in [2.24, 2.45) is 0 Å². The van der Waals surface area contributed by atoms with E-state index in [1.54, 1.807) is 13.8 Å². The van der Waals surface area contributed by atoms with Gasteiger partial charge in [0.1, 0.15) is 18.3 Å². The van der Waals surface area contributed by atoms with Crippen LogP contribution in [-0.2, 0) is 58.9 Å². The van der Waals surface area contributed by atoms with Gasteiger partial charge in [-0.3, -0.25) is 14.4 Å². The Labute approximate surface area is 233 Å². The second-order valence-electron chi connectivity index (χ2n) is 9.61. The van der Waals surface area contributed by atoms with Crippen molar-refractivity contribution in [2.75, 3.05) is 6.61 Å². The zero-order valence-electron chi connectivity index (χ0n) is 23.3. The number of aliphatic hydroxyl groups is 1. The second-order valence-corrected chi connectivity index (χ2v) is 9.61. The third-order valence-electron chi connectivity index (χ3n) is 6.36. The normalized spacial score (nSPS) is 34.0. The summed E-state index contributed by atoms with van der Waals surface area (Å²) < 4.78 is 46.5. The molecular weight excluding hydrogens is 528 g/mol. The minimum Gasteiger partial charge on any atom is -0.456 e. The van der Waals surface area contributed by atoms with Gasteiger partial charge in [0.2, 0.25) is 0 Å². The molecule has 0 bridgehead atoms. The summed E-state index contributed by atoms with van der Waals surface area (Å²) in [4.78, 5) is 36.0. The lowest BCUT2D eigenvalue weighted by Crippen LogP contribution is -2.65. The molecule has 1 N–H and O–H groups in total.